The van der Waals surface area contributed by atoms with Crippen LogP contribution in [0, 0.1) is 5.82 Å². The highest BCUT2D eigenvalue weighted by atomic mass is 19.1. The van der Waals surface area contributed by atoms with Gasteiger partial charge in [0.05, 0.1) is 6.10 Å². The van der Waals surface area contributed by atoms with E-state index in [2.05, 4.69) is 5.32 Å². The standard InChI is InChI=1S/C7H5FO.C5H11NO/c8-7-3-1-2-6(4-7)5-9;7-5-1-3-6-4-2-5/h1-5H;5-7H,1-4H2. The molecule has 88 valence electrons. The topological polar surface area (TPSA) is 49.3 Å². The van der Waals surface area contributed by atoms with E-state index < -0.39 is 0 Å². The molecule has 1 saturated heterocycles. The van der Waals surface area contributed by atoms with Crippen LogP contribution in [0.5, 0.6) is 0 Å². The van der Waals surface area contributed by atoms with Gasteiger partial charge in [-0.05, 0) is 38.1 Å². The van der Waals surface area contributed by atoms with Crippen LogP contribution in [-0.2, 0) is 0 Å². The summed E-state index contributed by atoms with van der Waals surface area (Å²) >= 11 is 0. The first kappa shape index (κ1) is 12.8. The second-order valence-electron chi connectivity index (χ2n) is 3.65. The number of halogens is 1. The molecule has 2 rings (SSSR count). The zero-order valence-electron chi connectivity index (χ0n) is 9.03. The monoisotopic (exact) mass is 225 g/mol. The minimum absolute atomic E-state index is 0.0266. The lowest BCUT2D eigenvalue weighted by molar-refractivity contribution is 0.112. The Labute approximate surface area is 94.3 Å². The second kappa shape index (κ2) is 7.09. The number of aliphatic hydroxyl groups is 1. The Bertz CT molecular complexity index is 325. The number of carbonyl (C=O) groups is 1. The van der Waals surface area contributed by atoms with Crippen molar-refractivity contribution in [1.29, 1.82) is 0 Å². The molecule has 0 unspecified atom stereocenters. The number of hydrogen-bond acceptors (Lipinski definition) is 3. The maximum absolute atomic E-state index is 12.2. The van der Waals surface area contributed by atoms with Crippen LogP contribution in [0.2, 0.25) is 0 Å². The molecule has 4 heteroatoms. The summed E-state index contributed by atoms with van der Waals surface area (Å²) in [6, 6.07) is 5.54. The molecular weight excluding hydrogens is 209 g/mol. The summed E-state index contributed by atoms with van der Waals surface area (Å²) in [5, 5.41) is 12.0. The predicted octanol–water partition coefficient (Wildman–Crippen LogP) is 1.37. The van der Waals surface area contributed by atoms with E-state index in [4.69, 9.17) is 5.11 Å². The number of hydrogen-bond donors (Lipinski definition) is 2. The molecule has 1 heterocycles. The molecule has 1 aliphatic rings. The van der Waals surface area contributed by atoms with E-state index in [0.717, 1.165) is 25.9 Å². The fraction of sp³-hybridized carbons (Fsp3) is 0.417. The van der Waals surface area contributed by atoms with E-state index in [1.54, 1.807) is 6.07 Å². The highest BCUT2D eigenvalue weighted by Crippen LogP contribution is 1.99. The lowest BCUT2D eigenvalue weighted by Crippen LogP contribution is -2.30. The number of carbonyl (C=O) groups excluding carboxylic acids is 1. The summed E-state index contributed by atoms with van der Waals surface area (Å²) in [5.74, 6) is -0.375. The molecule has 0 saturated carbocycles. The Hall–Kier alpha value is -1.26. The van der Waals surface area contributed by atoms with Gasteiger partial charge in [-0.2, -0.15) is 0 Å². The quantitative estimate of drug-likeness (QED) is 0.710. The molecule has 0 atom stereocenters. The lowest BCUT2D eigenvalue weighted by atomic mass is 10.1. The molecular formula is C12H16FNO2. The van der Waals surface area contributed by atoms with Crippen LogP contribution in [0.1, 0.15) is 23.2 Å². The summed E-state index contributed by atoms with van der Waals surface area (Å²) < 4.78 is 12.2. The van der Waals surface area contributed by atoms with Crippen LogP contribution >= 0.6 is 0 Å². The average Bonchev–Trinajstić information content (AvgIpc) is 2.31. The molecule has 0 bridgehead atoms. The highest BCUT2D eigenvalue weighted by Gasteiger charge is 2.06. The number of nitrogens with one attached hydrogen (secondary N) is 1. The normalized spacial score (nSPS) is 16.1. The molecule has 0 aromatic heterocycles. The summed E-state index contributed by atoms with van der Waals surface area (Å²) in [4.78, 5) is 9.99. The molecule has 1 aromatic rings. The first-order valence-corrected chi connectivity index (χ1v) is 5.32. The average molecular weight is 225 g/mol. The number of piperidine rings is 1. The van der Waals surface area contributed by atoms with Crippen LogP contribution in [0.25, 0.3) is 0 Å². The number of rotatable bonds is 1. The van der Waals surface area contributed by atoms with E-state index in [-0.39, 0.29) is 11.9 Å². The number of aliphatic hydroxyl groups excluding tert-OH is 1. The van der Waals surface area contributed by atoms with Crippen molar-refractivity contribution < 1.29 is 14.3 Å². The first-order chi connectivity index (χ1) is 7.72. The molecule has 1 aliphatic heterocycles. The summed E-state index contributed by atoms with van der Waals surface area (Å²) in [6.45, 7) is 1.97. The van der Waals surface area contributed by atoms with Crippen molar-refractivity contribution in [3.63, 3.8) is 0 Å². The van der Waals surface area contributed by atoms with E-state index in [1.807, 2.05) is 0 Å². The Morgan fingerprint density at radius 1 is 1.38 bits per heavy atom. The third-order valence-electron chi connectivity index (χ3n) is 2.29. The van der Waals surface area contributed by atoms with E-state index in [9.17, 15) is 9.18 Å². The molecule has 0 radical (unpaired) electrons. The van der Waals surface area contributed by atoms with Crippen molar-refractivity contribution in [3.05, 3.63) is 35.6 Å². The predicted molar refractivity (Wildman–Crippen MR) is 59.9 cm³/mol. The minimum atomic E-state index is -0.375. The van der Waals surface area contributed by atoms with Crippen molar-refractivity contribution in [2.24, 2.45) is 0 Å². The fourth-order valence-electron chi connectivity index (χ4n) is 1.39. The Balaban J connectivity index is 0.000000165. The van der Waals surface area contributed by atoms with Gasteiger partial charge < -0.3 is 10.4 Å². The molecule has 2 N–H and O–H groups in total. The maximum Gasteiger partial charge on any atom is 0.150 e. The van der Waals surface area contributed by atoms with Crippen LogP contribution in [0.3, 0.4) is 0 Å². The smallest absolute Gasteiger partial charge is 0.150 e. The SMILES string of the molecule is O=Cc1cccc(F)c1.OC1CCNCC1. The van der Waals surface area contributed by atoms with Crippen molar-refractivity contribution in [3.8, 4) is 0 Å². The van der Waals surface area contributed by atoms with Crippen molar-refractivity contribution in [1.82, 2.24) is 5.32 Å². The zero-order valence-corrected chi connectivity index (χ0v) is 9.03. The van der Waals surface area contributed by atoms with Crippen LogP contribution in [-0.4, -0.2) is 30.6 Å². The molecule has 1 aromatic carbocycles. The van der Waals surface area contributed by atoms with Crippen LogP contribution in [0.4, 0.5) is 4.39 Å². The molecule has 0 spiro atoms. The minimum Gasteiger partial charge on any atom is -0.393 e. The highest BCUT2D eigenvalue weighted by molar-refractivity contribution is 5.74. The Morgan fingerprint density at radius 3 is 2.44 bits per heavy atom. The second-order valence-corrected chi connectivity index (χ2v) is 3.65. The van der Waals surface area contributed by atoms with Crippen molar-refractivity contribution >= 4 is 6.29 Å². The molecule has 3 nitrogen and oxygen atoms in total. The van der Waals surface area contributed by atoms with Gasteiger partial charge in [-0.25, -0.2) is 4.39 Å². The van der Waals surface area contributed by atoms with Gasteiger partial charge >= 0.3 is 0 Å². The summed E-state index contributed by atoms with van der Waals surface area (Å²) in [5.41, 5.74) is 0.370. The summed E-state index contributed by atoms with van der Waals surface area (Å²) in [7, 11) is 0. The van der Waals surface area contributed by atoms with E-state index in [0.29, 0.717) is 11.8 Å². The zero-order chi connectivity index (χ0) is 11.8. The fourth-order valence-corrected chi connectivity index (χ4v) is 1.39. The van der Waals surface area contributed by atoms with Gasteiger partial charge in [-0.15, -0.1) is 0 Å². The van der Waals surface area contributed by atoms with Crippen molar-refractivity contribution in [2.75, 3.05) is 13.1 Å². The van der Waals surface area contributed by atoms with Gasteiger partial charge in [0.1, 0.15) is 12.1 Å². The first-order valence-electron chi connectivity index (χ1n) is 5.32. The van der Waals surface area contributed by atoms with Gasteiger partial charge in [-0.1, -0.05) is 12.1 Å². The molecule has 0 amide bonds. The molecule has 16 heavy (non-hydrogen) atoms. The van der Waals surface area contributed by atoms with Crippen molar-refractivity contribution in [2.45, 2.75) is 18.9 Å². The third-order valence-corrected chi connectivity index (χ3v) is 2.29. The Kier molecular flexibility index (Phi) is 5.67. The van der Waals surface area contributed by atoms with Crippen LogP contribution < -0.4 is 5.32 Å². The van der Waals surface area contributed by atoms with Gasteiger partial charge in [-0.3, -0.25) is 4.79 Å². The number of benzene rings is 1. The number of aldehydes is 1. The van der Waals surface area contributed by atoms with E-state index >= 15 is 0 Å². The summed E-state index contributed by atoms with van der Waals surface area (Å²) in [6.07, 6.45) is 2.45. The van der Waals surface area contributed by atoms with Crippen LogP contribution in [0.15, 0.2) is 24.3 Å². The van der Waals surface area contributed by atoms with Gasteiger partial charge in [0.2, 0.25) is 0 Å². The Morgan fingerprint density at radius 2 is 2.06 bits per heavy atom. The van der Waals surface area contributed by atoms with E-state index in [1.165, 1.54) is 18.2 Å². The van der Waals surface area contributed by atoms with Gasteiger partial charge in [0, 0.05) is 5.56 Å². The molecule has 0 aliphatic carbocycles. The van der Waals surface area contributed by atoms with Gasteiger partial charge in [0.15, 0.2) is 0 Å². The largest absolute Gasteiger partial charge is 0.393 e. The van der Waals surface area contributed by atoms with Gasteiger partial charge in [0.25, 0.3) is 0 Å². The molecule has 1 fully saturated rings. The third kappa shape index (κ3) is 5.00. The lowest BCUT2D eigenvalue weighted by Gasteiger charge is -2.16. The maximum atomic E-state index is 12.2.